The molecule has 4 rings (SSSR count). The predicted octanol–water partition coefficient (Wildman–Crippen LogP) is 3.29. The highest BCUT2D eigenvalue weighted by Gasteiger charge is 2.25. The van der Waals surface area contributed by atoms with Crippen LogP contribution in [0.2, 0.25) is 0 Å². The Labute approximate surface area is 158 Å². The fourth-order valence-electron chi connectivity index (χ4n) is 3.36. The van der Waals surface area contributed by atoms with Gasteiger partial charge in [0, 0.05) is 49.0 Å². The Bertz CT molecular complexity index is 880. The summed E-state index contributed by atoms with van der Waals surface area (Å²) in [5.74, 6) is 0.805. The summed E-state index contributed by atoms with van der Waals surface area (Å²) in [7, 11) is 0. The molecule has 1 amide bonds. The van der Waals surface area contributed by atoms with Crippen LogP contribution in [0.25, 0.3) is 11.4 Å². The number of aromatic amines is 1. The van der Waals surface area contributed by atoms with Crippen LogP contribution in [0, 0.1) is 0 Å². The number of nitrogens with zero attached hydrogens (tertiary/aromatic N) is 3. The number of carbonyl (C=O) groups is 1. The van der Waals surface area contributed by atoms with E-state index < -0.39 is 0 Å². The molecular weight excluding hydrogens is 340 g/mol. The van der Waals surface area contributed by atoms with Crippen LogP contribution in [-0.2, 0) is 11.3 Å². The van der Waals surface area contributed by atoms with Crippen molar-refractivity contribution in [3.05, 3.63) is 72.3 Å². The molecule has 1 aromatic carbocycles. The van der Waals surface area contributed by atoms with Crippen molar-refractivity contribution >= 4 is 5.91 Å². The molecule has 0 radical (unpaired) electrons. The number of aromatic nitrogens is 3. The molecule has 1 atom stereocenters. The Balaban J connectivity index is 1.40. The molecule has 2 aromatic heterocycles. The first kappa shape index (κ1) is 17.4. The molecule has 1 saturated heterocycles. The van der Waals surface area contributed by atoms with E-state index in [4.69, 9.17) is 4.74 Å². The number of rotatable bonds is 5. The van der Waals surface area contributed by atoms with E-state index in [0.717, 1.165) is 36.3 Å². The van der Waals surface area contributed by atoms with E-state index >= 15 is 0 Å². The maximum atomic E-state index is 13.0. The number of amides is 1. The van der Waals surface area contributed by atoms with E-state index in [1.807, 2.05) is 47.5 Å². The van der Waals surface area contributed by atoms with Gasteiger partial charge >= 0.3 is 0 Å². The number of piperidine rings is 1. The highest BCUT2D eigenvalue weighted by molar-refractivity contribution is 5.95. The Morgan fingerprint density at radius 3 is 3.04 bits per heavy atom. The first-order chi connectivity index (χ1) is 13.3. The third kappa shape index (κ3) is 4.23. The van der Waals surface area contributed by atoms with Crippen molar-refractivity contribution in [3.8, 4) is 11.4 Å². The van der Waals surface area contributed by atoms with Crippen molar-refractivity contribution in [1.29, 1.82) is 0 Å². The molecule has 3 aromatic rings. The van der Waals surface area contributed by atoms with Crippen LogP contribution in [-0.4, -0.2) is 45.0 Å². The summed E-state index contributed by atoms with van der Waals surface area (Å²) in [6.07, 6.45) is 9.01. The number of H-pyrrole nitrogens is 1. The number of pyridine rings is 1. The van der Waals surface area contributed by atoms with Gasteiger partial charge in [0.1, 0.15) is 5.82 Å². The molecule has 6 heteroatoms. The summed E-state index contributed by atoms with van der Waals surface area (Å²) >= 11 is 0. The molecule has 1 unspecified atom stereocenters. The van der Waals surface area contributed by atoms with Gasteiger partial charge in [0.15, 0.2) is 0 Å². The van der Waals surface area contributed by atoms with Crippen LogP contribution in [0.1, 0.15) is 28.8 Å². The monoisotopic (exact) mass is 362 g/mol. The van der Waals surface area contributed by atoms with Crippen LogP contribution in [0.15, 0.2) is 61.2 Å². The smallest absolute Gasteiger partial charge is 0.253 e. The Morgan fingerprint density at radius 1 is 1.26 bits per heavy atom. The van der Waals surface area contributed by atoms with Crippen LogP contribution < -0.4 is 0 Å². The van der Waals surface area contributed by atoms with E-state index in [1.54, 1.807) is 18.6 Å². The number of benzene rings is 1. The molecule has 3 heterocycles. The minimum Gasteiger partial charge on any atom is -0.372 e. The van der Waals surface area contributed by atoms with E-state index in [2.05, 4.69) is 15.0 Å². The fraction of sp³-hybridized carbons (Fsp3) is 0.286. The molecule has 1 aliphatic rings. The molecule has 0 spiro atoms. The second kappa shape index (κ2) is 8.14. The van der Waals surface area contributed by atoms with Crippen LogP contribution in [0.3, 0.4) is 0 Å². The second-order valence-electron chi connectivity index (χ2n) is 6.71. The van der Waals surface area contributed by atoms with Gasteiger partial charge in [-0.05, 0) is 36.6 Å². The van der Waals surface area contributed by atoms with Crippen LogP contribution >= 0.6 is 0 Å². The average Bonchev–Trinajstić information content (AvgIpc) is 3.28. The number of hydrogen-bond acceptors (Lipinski definition) is 4. The first-order valence-electron chi connectivity index (χ1n) is 9.19. The van der Waals surface area contributed by atoms with Gasteiger partial charge in [-0.1, -0.05) is 18.2 Å². The van der Waals surface area contributed by atoms with Gasteiger partial charge in [-0.3, -0.25) is 9.78 Å². The fourth-order valence-corrected chi connectivity index (χ4v) is 3.36. The van der Waals surface area contributed by atoms with Gasteiger partial charge in [0.05, 0.1) is 12.7 Å². The van der Waals surface area contributed by atoms with Gasteiger partial charge in [-0.15, -0.1) is 0 Å². The zero-order valence-corrected chi connectivity index (χ0v) is 15.0. The van der Waals surface area contributed by atoms with Gasteiger partial charge < -0.3 is 14.6 Å². The summed E-state index contributed by atoms with van der Waals surface area (Å²) < 4.78 is 6.02. The van der Waals surface area contributed by atoms with Crippen molar-refractivity contribution in [2.45, 2.75) is 25.6 Å². The highest BCUT2D eigenvalue weighted by Crippen LogP contribution is 2.20. The summed E-state index contributed by atoms with van der Waals surface area (Å²) in [5, 5.41) is 0. The number of hydrogen-bond donors (Lipinski definition) is 1. The van der Waals surface area contributed by atoms with Crippen molar-refractivity contribution in [2.75, 3.05) is 13.1 Å². The van der Waals surface area contributed by atoms with Gasteiger partial charge in [-0.2, -0.15) is 0 Å². The summed E-state index contributed by atoms with van der Waals surface area (Å²) in [5.41, 5.74) is 2.64. The predicted molar refractivity (Wildman–Crippen MR) is 102 cm³/mol. The second-order valence-corrected chi connectivity index (χ2v) is 6.71. The lowest BCUT2D eigenvalue weighted by Gasteiger charge is -2.32. The Morgan fingerprint density at radius 2 is 2.22 bits per heavy atom. The minimum absolute atomic E-state index is 0.0399. The van der Waals surface area contributed by atoms with E-state index in [9.17, 15) is 4.79 Å². The Kier molecular flexibility index (Phi) is 5.25. The summed E-state index contributed by atoms with van der Waals surface area (Å²) in [4.78, 5) is 26.3. The topological polar surface area (TPSA) is 71.1 Å². The molecule has 1 aliphatic heterocycles. The normalized spacial score (nSPS) is 17.0. The number of ether oxygens (including phenoxy) is 1. The van der Waals surface area contributed by atoms with Crippen LogP contribution in [0.5, 0.6) is 0 Å². The molecule has 6 nitrogen and oxygen atoms in total. The molecule has 27 heavy (non-hydrogen) atoms. The SMILES string of the molecule is O=C(c1cccc(-c2ncc[nH]2)c1)N1CCCC(OCc2cccnc2)C1. The van der Waals surface area contributed by atoms with E-state index in [0.29, 0.717) is 18.7 Å². The maximum absolute atomic E-state index is 13.0. The van der Waals surface area contributed by atoms with Crippen LogP contribution in [0.4, 0.5) is 0 Å². The zero-order chi connectivity index (χ0) is 18.5. The quantitative estimate of drug-likeness (QED) is 0.756. The molecule has 1 N–H and O–H groups in total. The number of carbonyl (C=O) groups excluding carboxylic acids is 1. The van der Waals surface area contributed by atoms with Crippen molar-refractivity contribution in [1.82, 2.24) is 19.9 Å². The van der Waals surface area contributed by atoms with Gasteiger partial charge in [0.25, 0.3) is 5.91 Å². The third-order valence-electron chi connectivity index (χ3n) is 4.76. The number of nitrogens with one attached hydrogen (secondary N) is 1. The molecule has 138 valence electrons. The Hall–Kier alpha value is -2.99. The lowest BCUT2D eigenvalue weighted by atomic mass is 10.0. The highest BCUT2D eigenvalue weighted by atomic mass is 16.5. The van der Waals surface area contributed by atoms with E-state index in [1.165, 1.54) is 0 Å². The molecule has 0 bridgehead atoms. The largest absolute Gasteiger partial charge is 0.372 e. The molecule has 0 aliphatic carbocycles. The lowest BCUT2D eigenvalue weighted by Crippen LogP contribution is -2.43. The van der Waals surface area contributed by atoms with E-state index in [-0.39, 0.29) is 12.0 Å². The molecule has 0 saturated carbocycles. The van der Waals surface area contributed by atoms with Crippen molar-refractivity contribution < 1.29 is 9.53 Å². The number of imidazole rings is 1. The minimum atomic E-state index is 0.0399. The third-order valence-corrected chi connectivity index (χ3v) is 4.76. The summed E-state index contributed by atoms with van der Waals surface area (Å²) in [6.45, 7) is 1.90. The summed E-state index contributed by atoms with van der Waals surface area (Å²) in [6, 6.07) is 11.5. The molecule has 1 fully saturated rings. The average molecular weight is 362 g/mol. The molecular formula is C21H22N4O2. The van der Waals surface area contributed by atoms with Crippen molar-refractivity contribution in [2.24, 2.45) is 0 Å². The number of likely N-dealkylation sites (tertiary alicyclic amines) is 1. The maximum Gasteiger partial charge on any atom is 0.253 e. The first-order valence-corrected chi connectivity index (χ1v) is 9.19. The standard InChI is InChI=1S/C21H22N4O2/c26-21(18-6-1-5-17(12-18)20-23-9-10-24-20)25-11-3-7-19(14-25)27-15-16-4-2-8-22-13-16/h1-2,4-6,8-10,12-13,19H,3,7,11,14-15H2,(H,23,24). The van der Waals surface area contributed by atoms with Crippen molar-refractivity contribution in [3.63, 3.8) is 0 Å². The lowest BCUT2D eigenvalue weighted by molar-refractivity contribution is -0.00681. The zero-order valence-electron chi connectivity index (χ0n) is 15.0. The van der Waals surface area contributed by atoms with Gasteiger partial charge in [-0.25, -0.2) is 4.98 Å². The van der Waals surface area contributed by atoms with Gasteiger partial charge in [0.2, 0.25) is 0 Å².